The Balaban J connectivity index is 1.58. The van der Waals surface area contributed by atoms with Gasteiger partial charge >= 0.3 is 0 Å². The van der Waals surface area contributed by atoms with Crippen LogP contribution in [0.25, 0.3) is 16.8 Å². The highest BCUT2D eigenvalue weighted by Crippen LogP contribution is 2.38. The zero-order valence-corrected chi connectivity index (χ0v) is 20.5. The lowest BCUT2D eigenvalue weighted by Gasteiger charge is -2.20. The molecule has 3 heterocycles. The summed E-state index contributed by atoms with van der Waals surface area (Å²) in [7, 11) is 2.98. The normalized spacial score (nSPS) is 14.1. The number of fused-ring (bicyclic) bond motifs is 1. The van der Waals surface area contributed by atoms with E-state index in [4.69, 9.17) is 30.7 Å². The van der Waals surface area contributed by atoms with Gasteiger partial charge in [0.1, 0.15) is 40.7 Å². The summed E-state index contributed by atoms with van der Waals surface area (Å²) >= 11 is 0. The zero-order valence-electron chi connectivity index (χ0n) is 20.5. The standard InChI is InChI=1S/C26H27FN6O4/c1-35-20-10-14(9-16-11-17(27)12-19(25(29)34)23(16)36-2)3-4-18(20)21-22-24(28)30-13-31-33(22)26(32-21)15-5-7-37-8-6-15/h3-4,10-13,15H,5-9H2,1-2H3,(H2,29,34)(H2,28,30,31). The fourth-order valence-electron chi connectivity index (χ4n) is 4.85. The number of benzene rings is 2. The van der Waals surface area contributed by atoms with E-state index in [1.54, 1.807) is 11.6 Å². The molecule has 37 heavy (non-hydrogen) atoms. The third-order valence-electron chi connectivity index (χ3n) is 6.59. The topological polar surface area (TPSA) is 140 Å². The van der Waals surface area contributed by atoms with Crippen molar-refractivity contribution in [1.82, 2.24) is 19.6 Å². The van der Waals surface area contributed by atoms with Crippen molar-refractivity contribution in [2.75, 3.05) is 33.2 Å². The molecule has 1 saturated heterocycles. The van der Waals surface area contributed by atoms with E-state index in [1.807, 2.05) is 18.2 Å². The molecule has 0 unspecified atom stereocenters. The molecule has 4 N–H and O–H groups in total. The van der Waals surface area contributed by atoms with E-state index < -0.39 is 11.7 Å². The molecule has 0 radical (unpaired) electrons. The third-order valence-corrected chi connectivity index (χ3v) is 6.59. The van der Waals surface area contributed by atoms with E-state index in [1.165, 1.54) is 19.5 Å². The number of ether oxygens (including phenoxy) is 3. The predicted molar refractivity (Wildman–Crippen MR) is 134 cm³/mol. The highest BCUT2D eigenvalue weighted by molar-refractivity contribution is 5.96. The van der Waals surface area contributed by atoms with Crippen molar-refractivity contribution in [2.24, 2.45) is 5.73 Å². The Morgan fingerprint density at radius 2 is 1.97 bits per heavy atom. The molecule has 1 amide bonds. The number of anilines is 1. The van der Waals surface area contributed by atoms with Crippen LogP contribution in [0.1, 0.15) is 46.1 Å². The number of nitrogen functional groups attached to an aromatic ring is 1. The number of nitrogens with zero attached hydrogens (tertiary/aromatic N) is 4. The molecule has 10 nitrogen and oxygen atoms in total. The summed E-state index contributed by atoms with van der Waals surface area (Å²) in [6.07, 6.45) is 3.37. The number of amides is 1. The molecule has 2 aromatic carbocycles. The number of halogens is 1. The lowest BCUT2D eigenvalue weighted by molar-refractivity contribution is 0.0832. The Morgan fingerprint density at radius 3 is 2.68 bits per heavy atom. The molecule has 0 bridgehead atoms. The first kappa shape index (κ1) is 24.4. The SMILES string of the molecule is COc1cc(Cc2cc(F)cc(C(N)=O)c2OC)ccc1-c1nc(C2CCOCC2)n2ncnc(N)c12. The van der Waals surface area contributed by atoms with Crippen LogP contribution >= 0.6 is 0 Å². The monoisotopic (exact) mass is 506 g/mol. The van der Waals surface area contributed by atoms with Gasteiger partial charge in [0.25, 0.3) is 5.91 Å². The number of hydrogen-bond donors (Lipinski definition) is 2. The van der Waals surface area contributed by atoms with Gasteiger partial charge in [0.15, 0.2) is 5.82 Å². The Morgan fingerprint density at radius 1 is 1.19 bits per heavy atom. The first-order valence-electron chi connectivity index (χ1n) is 11.8. The highest BCUT2D eigenvalue weighted by Gasteiger charge is 2.26. The van der Waals surface area contributed by atoms with Gasteiger partial charge < -0.3 is 25.7 Å². The van der Waals surface area contributed by atoms with E-state index in [2.05, 4.69) is 10.1 Å². The van der Waals surface area contributed by atoms with E-state index in [-0.39, 0.29) is 23.7 Å². The van der Waals surface area contributed by atoms with Gasteiger partial charge in [-0.2, -0.15) is 5.10 Å². The number of imidazole rings is 1. The average molecular weight is 507 g/mol. The number of carbonyl (C=O) groups is 1. The average Bonchev–Trinajstić information content (AvgIpc) is 3.29. The van der Waals surface area contributed by atoms with Crippen LogP contribution < -0.4 is 20.9 Å². The van der Waals surface area contributed by atoms with Crippen molar-refractivity contribution in [2.45, 2.75) is 25.2 Å². The molecule has 1 aliphatic rings. The van der Waals surface area contributed by atoms with Gasteiger partial charge in [-0.15, -0.1) is 0 Å². The van der Waals surface area contributed by atoms with Crippen molar-refractivity contribution < 1.29 is 23.4 Å². The largest absolute Gasteiger partial charge is 0.496 e. The maximum atomic E-state index is 14.2. The second-order valence-corrected chi connectivity index (χ2v) is 8.83. The lowest BCUT2D eigenvalue weighted by Crippen LogP contribution is -2.17. The van der Waals surface area contributed by atoms with Crippen molar-refractivity contribution >= 4 is 17.2 Å². The summed E-state index contributed by atoms with van der Waals surface area (Å²) in [5, 5.41) is 4.44. The number of rotatable bonds is 7. The van der Waals surface area contributed by atoms with Gasteiger partial charge in [0, 0.05) is 36.7 Å². The molecule has 5 rings (SSSR count). The first-order chi connectivity index (χ1) is 17.9. The molecule has 2 aromatic heterocycles. The number of aromatic nitrogens is 4. The molecule has 4 aromatic rings. The minimum atomic E-state index is -0.766. The molecule has 192 valence electrons. The molecule has 1 aliphatic heterocycles. The summed E-state index contributed by atoms with van der Waals surface area (Å²) < 4.78 is 32.6. The van der Waals surface area contributed by atoms with Gasteiger partial charge in [-0.05, 0) is 42.7 Å². The van der Waals surface area contributed by atoms with Gasteiger partial charge in [-0.25, -0.2) is 18.9 Å². The molecule has 0 spiro atoms. The van der Waals surface area contributed by atoms with Crippen molar-refractivity contribution in [3.05, 3.63) is 65.0 Å². The van der Waals surface area contributed by atoms with E-state index in [0.29, 0.717) is 47.1 Å². The maximum Gasteiger partial charge on any atom is 0.252 e. The van der Waals surface area contributed by atoms with E-state index in [0.717, 1.165) is 30.3 Å². The number of hydrogen-bond acceptors (Lipinski definition) is 8. The maximum absolute atomic E-state index is 14.2. The molecular formula is C26H27FN6O4. The van der Waals surface area contributed by atoms with Crippen LogP contribution in [0, 0.1) is 5.82 Å². The Labute approximate surface area is 212 Å². The molecule has 11 heteroatoms. The number of nitrogens with two attached hydrogens (primary N) is 2. The summed E-state index contributed by atoms with van der Waals surface area (Å²) in [6, 6.07) is 7.99. The Bertz CT molecular complexity index is 1480. The Kier molecular flexibility index (Phi) is 6.62. The van der Waals surface area contributed by atoms with Gasteiger partial charge in [-0.3, -0.25) is 4.79 Å². The Hall–Kier alpha value is -4.25. The number of primary amides is 1. The van der Waals surface area contributed by atoms with E-state index in [9.17, 15) is 9.18 Å². The minimum absolute atomic E-state index is 0.0123. The summed E-state index contributed by atoms with van der Waals surface area (Å²) in [5.74, 6) is 0.732. The highest BCUT2D eigenvalue weighted by atomic mass is 19.1. The predicted octanol–water partition coefficient (Wildman–Crippen LogP) is 3.11. The second kappa shape index (κ2) is 10.0. The van der Waals surface area contributed by atoms with Gasteiger partial charge in [-0.1, -0.05) is 6.07 Å². The van der Waals surface area contributed by atoms with Crippen LogP contribution in [0.5, 0.6) is 11.5 Å². The molecule has 0 saturated carbocycles. The molecule has 0 atom stereocenters. The lowest BCUT2D eigenvalue weighted by atomic mass is 9.98. The summed E-state index contributed by atoms with van der Waals surface area (Å²) in [4.78, 5) is 21.0. The van der Waals surface area contributed by atoms with Crippen molar-refractivity contribution in [3.8, 4) is 22.8 Å². The molecule has 0 aliphatic carbocycles. The summed E-state index contributed by atoms with van der Waals surface area (Å²) in [5.41, 5.74) is 14.9. The van der Waals surface area contributed by atoms with Crippen LogP contribution in [-0.4, -0.2) is 52.9 Å². The van der Waals surface area contributed by atoms with Crippen LogP contribution in [-0.2, 0) is 11.2 Å². The summed E-state index contributed by atoms with van der Waals surface area (Å²) in [6.45, 7) is 1.32. The van der Waals surface area contributed by atoms with Crippen LogP contribution in [0.15, 0.2) is 36.7 Å². The quantitative estimate of drug-likeness (QED) is 0.390. The van der Waals surface area contributed by atoms with Crippen molar-refractivity contribution in [3.63, 3.8) is 0 Å². The van der Waals surface area contributed by atoms with Gasteiger partial charge in [0.05, 0.1) is 19.8 Å². The molecular weight excluding hydrogens is 479 g/mol. The zero-order chi connectivity index (χ0) is 26.1. The number of carbonyl (C=O) groups excluding carboxylic acids is 1. The van der Waals surface area contributed by atoms with Gasteiger partial charge in [0.2, 0.25) is 0 Å². The number of methoxy groups -OCH3 is 2. The van der Waals surface area contributed by atoms with Crippen LogP contribution in [0.4, 0.5) is 10.2 Å². The van der Waals surface area contributed by atoms with E-state index >= 15 is 0 Å². The molecule has 1 fully saturated rings. The fraction of sp³-hybridized carbons (Fsp3) is 0.308. The fourth-order valence-corrected chi connectivity index (χ4v) is 4.85. The minimum Gasteiger partial charge on any atom is -0.496 e. The van der Waals surface area contributed by atoms with Crippen LogP contribution in [0.2, 0.25) is 0 Å². The third kappa shape index (κ3) is 4.53. The van der Waals surface area contributed by atoms with Crippen LogP contribution in [0.3, 0.4) is 0 Å². The first-order valence-corrected chi connectivity index (χ1v) is 11.8. The van der Waals surface area contributed by atoms with Crippen molar-refractivity contribution in [1.29, 1.82) is 0 Å². The second-order valence-electron chi connectivity index (χ2n) is 8.83. The smallest absolute Gasteiger partial charge is 0.252 e.